The van der Waals surface area contributed by atoms with Gasteiger partial charge in [-0.15, -0.1) is 0 Å². The summed E-state index contributed by atoms with van der Waals surface area (Å²) in [6, 6.07) is 8.54. The molecule has 2 aromatic carbocycles. The number of piperazine rings is 1. The van der Waals surface area contributed by atoms with Gasteiger partial charge in [-0.25, -0.2) is 31.5 Å². The molecule has 0 saturated carbocycles. The third-order valence-corrected chi connectivity index (χ3v) is 8.48. The van der Waals surface area contributed by atoms with Gasteiger partial charge < -0.3 is 15.5 Å². The number of para-hydroxylation sites is 1. The molecule has 5 rings (SSSR count). The van der Waals surface area contributed by atoms with Crippen molar-refractivity contribution in [1.29, 1.82) is 0 Å². The molecule has 0 unspecified atom stereocenters. The molecule has 3 heterocycles. The second-order valence-corrected chi connectivity index (χ2v) is 12.2. The summed E-state index contributed by atoms with van der Waals surface area (Å²) in [6.07, 6.45) is 2.15. The molecule has 4 aromatic rings. The number of nitrogens with zero attached hydrogens (tertiary/aromatic N) is 5. The van der Waals surface area contributed by atoms with Gasteiger partial charge in [0.15, 0.2) is 21.3 Å². The highest BCUT2D eigenvalue weighted by Crippen LogP contribution is 2.36. The van der Waals surface area contributed by atoms with Crippen molar-refractivity contribution in [2.45, 2.75) is 17.9 Å². The van der Waals surface area contributed by atoms with Crippen LogP contribution in [0.5, 0.6) is 0 Å². The number of benzene rings is 2. The third kappa shape index (κ3) is 4.98. The summed E-state index contributed by atoms with van der Waals surface area (Å²) in [4.78, 5) is 37.6. The zero-order chi connectivity index (χ0) is 30.5. The second kappa shape index (κ2) is 10.8. The summed E-state index contributed by atoms with van der Waals surface area (Å²) < 4.78 is 57.1. The van der Waals surface area contributed by atoms with E-state index in [1.807, 2.05) is 0 Å². The number of rotatable bonds is 5. The van der Waals surface area contributed by atoms with E-state index in [4.69, 9.17) is 17.3 Å². The van der Waals surface area contributed by atoms with Gasteiger partial charge in [0.25, 0.3) is 0 Å². The Morgan fingerprint density at radius 2 is 1.86 bits per heavy atom. The Morgan fingerprint density at radius 1 is 1.14 bits per heavy atom. The lowest BCUT2D eigenvalue weighted by molar-refractivity contribution is -0.126. The molecule has 0 aliphatic carbocycles. The topological polar surface area (TPSA) is 131 Å². The minimum Gasteiger partial charge on any atom is -0.398 e. The predicted octanol–water partition coefficient (Wildman–Crippen LogP) is 3.59. The Hall–Kier alpha value is -4.36. The van der Waals surface area contributed by atoms with Gasteiger partial charge in [0, 0.05) is 37.6 Å². The molecule has 14 heteroatoms. The molecule has 1 atom stereocenters. The Bertz CT molecular complexity index is 1930. The van der Waals surface area contributed by atoms with Gasteiger partial charge in [0.2, 0.25) is 5.91 Å². The third-order valence-electron chi connectivity index (χ3n) is 7.04. The molecule has 2 N–H and O–H groups in total. The molecule has 0 bridgehead atoms. The van der Waals surface area contributed by atoms with Crippen molar-refractivity contribution in [3.05, 3.63) is 82.3 Å². The van der Waals surface area contributed by atoms with Crippen molar-refractivity contribution in [2.24, 2.45) is 0 Å². The number of carbonyl (C=O) groups excluding carboxylic acids is 1. The van der Waals surface area contributed by atoms with Gasteiger partial charge in [-0.1, -0.05) is 30.3 Å². The van der Waals surface area contributed by atoms with Crippen LogP contribution in [0.3, 0.4) is 0 Å². The number of hydrogen-bond donors (Lipinski definition) is 1. The molecule has 1 fully saturated rings. The molecule has 0 spiro atoms. The molecule has 1 saturated heterocycles. The summed E-state index contributed by atoms with van der Waals surface area (Å²) in [6.45, 7) is 6.08. The molecule has 1 aliphatic rings. The SMILES string of the molecule is C=CC(=O)N1CCN(c2nc(=O)n(-c3c(Cl)cccc3S(C)(=O)=O)c3nc(-c4c(N)cccc4F)c(F)cc23)[C@@H](C)C1. The van der Waals surface area contributed by atoms with Gasteiger partial charge in [-0.3, -0.25) is 4.79 Å². The Morgan fingerprint density at radius 3 is 2.50 bits per heavy atom. The largest absolute Gasteiger partial charge is 0.398 e. The van der Waals surface area contributed by atoms with Gasteiger partial charge in [-0.05, 0) is 43.3 Å². The van der Waals surface area contributed by atoms with Gasteiger partial charge >= 0.3 is 5.69 Å². The van der Waals surface area contributed by atoms with Crippen LogP contribution < -0.4 is 16.3 Å². The number of pyridine rings is 1. The molecule has 2 aromatic heterocycles. The first-order valence-corrected chi connectivity index (χ1v) is 14.9. The van der Waals surface area contributed by atoms with E-state index < -0.39 is 32.9 Å². The fourth-order valence-electron chi connectivity index (χ4n) is 5.11. The van der Waals surface area contributed by atoms with Crippen LogP contribution in [0.15, 0.2) is 64.8 Å². The highest BCUT2D eigenvalue weighted by molar-refractivity contribution is 7.90. The maximum absolute atomic E-state index is 15.8. The highest BCUT2D eigenvalue weighted by atomic mass is 35.5. The number of halogens is 3. The number of sulfone groups is 1. The summed E-state index contributed by atoms with van der Waals surface area (Å²) in [7, 11) is -3.94. The summed E-state index contributed by atoms with van der Waals surface area (Å²) in [5.74, 6) is -2.02. The van der Waals surface area contributed by atoms with E-state index in [-0.39, 0.29) is 75.3 Å². The van der Waals surface area contributed by atoms with E-state index in [9.17, 15) is 22.4 Å². The molecular formula is C28H25ClF2N6O4S. The number of carbonyl (C=O) groups is 1. The van der Waals surface area contributed by atoms with E-state index >= 15 is 4.39 Å². The van der Waals surface area contributed by atoms with E-state index in [2.05, 4.69) is 16.5 Å². The van der Waals surface area contributed by atoms with E-state index in [0.717, 1.165) is 23.0 Å². The first kappa shape index (κ1) is 29.1. The van der Waals surface area contributed by atoms with Crippen LogP contribution >= 0.6 is 11.6 Å². The minimum absolute atomic E-state index is 0.0282. The van der Waals surface area contributed by atoms with Crippen molar-refractivity contribution in [1.82, 2.24) is 19.4 Å². The quantitative estimate of drug-likeness (QED) is 0.267. The summed E-state index contributed by atoms with van der Waals surface area (Å²) >= 11 is 6.46. The van der Waals surface area contributed by atoms with Crippen molar-refractivity contribution >= 4 is 49.9 Å². The van der Waals surface area contributed by atoms with Crippen LogP contribution in [0, 0.1) is 11.6 Å². The van der Waals surface area contributed by atoms with Gasteiger partial charge in [0.05, 0.1) is 26.6 Å². The first-order valence-electron chi connectivity index (χ1n) is 12.7. The van der Waals surface area contributed by atoms with Gasteiger partial charge in [0.1, 0.15) is 17.3 Å². The van der Waals surface area contributed by atoms with Crippen LogP contribution in [0.4, 0.5) is 20.3 Å². The second-order valence-electron chi connectivity index (χ2n) is 9.84. The monoisotopic (exact) mass is 614 g/mol. The number of amides is 1. The van der Waals surface area contributed by atoms with Crippen molar-refractivity contribution in [3.8, 4) is 16.9 Å². The molecule has 0 radical (unpaired) electrons. The number of fused-ring (bicyclic) bond motifs is 1. The first-order chi connectivity index (χ1) is 19.8. The zero-order valence-electron chi connectivity index (χ0n) is 22.5. The smallest absolute Gasteiger partial charge is 0.355 e. The van der Waals surface area contributed by atoms with Crippen LogP contribution in [-0.2, 0) is 14.6 Å². The number of nitrogens with two attached hydrogens (primary N) is 1. The number of aromatic nitrogens is 3. The average molecular weight is 615 g/mol. The minimum atomic E-state index is -3.94. The van der Waals surface area contributed by atoms with E-state index in [0.29, 0.717) is 0 Å². The van der Waals surface area contributed by atoms with Crippen molar-refractivity contribution in [3.63, 3.8) is 0 Å². The Balaban J connectivity index is 1.86. The number of hydrogen-bond acceptors (Lipinski definition) is 8. The number of anilines is 2. The lowest BCUT2D eigenvalue weighted by atomic mass is 10.1. The van der Waals surface area contributed by atoms with Crippen LogP contribution in [0.1, 0.15) is 6.92 Å². The van der Waals surface area contributed by atoms with Crippen LogP contribution in [-0.4, -0.2) is 65.7 Å². The van der Waals surface area contributed by atoms with Crippen molar-refractivity contribution < 1.29 is 22.0 Å². The maximum atomic E-state index is 15.8. The van der Waals surface area contributed by atoms with E-state index in [1.165, 1.54) is 36.4 Å². The standard InChI is InChI=1S/C28H25ClF2N6O4S/c1-4-22(38)35-11-12-36(15(2)14-35)26-16-13-19(31)24(23-18(30)8-6-9-20(23)32)33-27(16)37(28(39)34-26)25-17(29)7-5-10-21(25)42(3,40)41/h4-10,13,15H,1,11-12,14,32H2,2-3H3/t15-/m0/s1. The van der Waals surface area contributed by atoms with Crippen LogP contribution in [0.25, 0.3) is 28.0 Å². The molecular weight excluding hydrogens is 590 g/mol. The summed E-state index contributed by atoms with van der Waals surface area (Å²) in [5, 5.41) is -0.0839. The highest BCUT2D eigenvalue weighted by Gasteiger charge is 2.31. The zero-order valence-corrected chi connectivity index (χ0v) is 24.1. The van der Waals surface area contributed by atoms with Gasteiger partial charge in [-0.2, -0.15) is 4.98 Å². The van der Waals surface area contributed by atoms with Crippen LogP contribution in [0.2, 0.25) is 5.02 Å². The Labute approximate surface area is 244 Å². The lowest BCUT2D eigenvalue weighted by Crippen LogP contribution is -2.54. The summed E-state index contributed by atoms with van der Waals surface area (Å²) in [5.41, 5.74) is 3.64. The Kier molecular flexibility index (Phi) is 7.50. The molecule has 42 heavy (non-hydrogen) atoms. The molecule has 10 nitrogen and oxygen atoms in total. The average Bonchev–Trinajstić information content (AvgIpc) is 2.92. The predicted molar refractivity (Wildman–Crippen MR) is 157 cm³/mol. The fourth-order valence-corrected chi connectivity index (χ4v) is 6.30. The van der Waals surface area contributed by atoms with Crippen molar-refractivity contribution in [2.75, 3.05) is 36.5 Å². The van der Waals surface area contributed by atoms with E-state index in [1.54, 1.807) is 16.7 Å². The number of nitrogen functional groups attached to an aromatic ring is 1. The lowest BCUT2D eigenvalue weighted by Gasteiger charge is -2.40. The molecule has 1 aliphatic heterocycles. The fraction of sp³-hybridized carbons (Fsp3) is 0.214. The normalized spacial score (nSPS) is 15.7. The maximum Gasteiger partial charge on any atom is 0.355 e. The molecule has 218 valence electrons. The molecule has 1 amide bonds.